The zero-order chi connectivity index (χ0) is 38.5. The monoisotopic (exact) mass is 748 g/mol. The number of pyridine rings is 2. The molecule has 0 fully saturated rings. The number of aromatic amines is 4. The molecule has 0 bridgehead atoms. The highest BCUT2D eigenvalue weighted by atomic mass is 16.5. The van der Waals surface area contributed by atoms with E-state index in [0.29, 0.717) is 16.9 Å². The number of hydrogen-bond acceptors (Lipinski definition) is 9. The fourth-order valence-electron chi connectivity index (χ4n) is 7.43. The molecule has 10 rings (SSSR count). The van der Waals surface area contributed by atoms with E-state index in [1.165, 1.54) is 0 Å². The molecule has 0 saturated heterocycles. The Bertz CT molecular complexity index is 3130. The minimum Gasteiger partial charge on any atom is -0.384 e. The van der Waals surface area contributed by atoms with Gasteiger partial charge in [0.1, 0.15) is 11.4 Å². The van der Waals surface area contributed by atoms with Crippen molar-refractivity contribution >= 4 is 55.4 Å². The number of ether oxygens (including phenoxy) is 1. The molecule has 4 N–H and O–H groups in total. The van der Waals surface area contributed by atoms with E-state index in [1.54, 1.807) is 25.7 Å². The SMILES string of the molecule is COC[C@@H](C(=O)c1nc2cc3c(-c4ccnc(-c5cccc(CC(=O)c6nc7cc8c(-c9ccncc9)n[nH]c8cc7[nH]6)c5)c4)n[nH]c3cc2[nH]1)c1ccccc1. The minimum atomic E-state index is -0.488. The zero-order valence-corrected chi connectivity index (χ0v) is 30.4. The highest BCUT2D eigenvalue weighted by Gasteiger charge is 2.25. The van der Waals surface area contributed by atoms with Gasteiger partial charge in [-0.05, 0) is 65.7 Å². The molecule has 10 aromatic rings. The molecule has 0 unspecified atom stereocenters. The van der Waals surface area contributed by atoms with Crippen LogP contribution in [0.1, 0.15) is 38.3 Å². The van der Waals surface area contributed by atoms with E-state index in [4.69, 9.17) is 9.72 Å². The Morgan fingerprint density at radius 3 is 2.04 bits per heavy atom. The molecule has 0 spiro atoms. The van der Waals surface area contributed by atoms with Crippen molar-refractivity contribution in [1.29, 1.82) is 0 Å². The number of carbonyl (C=O) groups excluding carboxylic acids is 2. The van der Waals surface area contributed by atoms with Gasteiger partial charge in [-0.15, -0.1) is 0 Å². The van der Waals surface area contributed by atoms with E-state index < -0.39 is 5.92 Å². The van der Waals surface area contributed by atoms with Crippen molar-refractivity contribution in [3.63, 3.8) is 0 Å². The summed E-state index contributed by atoms with van der Waals surface area (Å²) in [7, 11) is 1.59. The Hall–Kier alpha value is -7.64. The van der Waals surface area contributed by atoms with Crippen LogP contribution in [0.3, 0.4) is 0 Å². The van der Waals surface area contributed by atoms with E-state index >= 15 is 0 Å². The molecule has 0 aliphatic rings. The Balaban J connectivity index is 0.903. The highest BCUT2D eigenvalue weighted by molar-refractivity contribution is 6.05. The second-order valence-electron chi connectivity index (χ2n) is 13.9. The Morgan fingerprint density at radius 2 is 1.32 bits per heavy atom. The molecular weight excluding hydrogens is 717 g/mol. The van der Waals surface area contributed by atoms with Crippen molar-refractivity contribution in [2.45, 2.75) is 12.3 Å². The molecule has 1 atom stereocenters. The molecule has 4 aromatic carbocycles. The third-order valence-electron chi connectivity index (χ3n) is 10.3. The van der Waals surface area contributed by atoms with Crippen LogP contribution in [-0.2, 0) is 11.2 Å². The largest absolute Gasteiger partial charge is 0.384 e. The number of nitrogens with one attached hydrogen (secondary N) is 4. The topological polar surface area (TPSA) is 184 Å². The van der Waals surface area contributed by atoms with Crippen LogP contribution < -0.4 is 0 Å². The van der Waals surface area contributed by atoms with Crippen LogP contribution in [0.4, 0.5) is 0 Å². The van der Waals surface area contributed by atoms with Crippen LogP contribution in [-0.4, -0.2) is 75.6 Å². The predicted octanol–water partition coefficient (Wildman–Crippen LogP) is 8.02. The van der Waals surface area contributed by atoms with Crippen LogP contribution in [0.25, 0.3) is 77.6 Å². The number of imidazole rings is 2. The molecule has 13 nitrogen and oxygen atoms in total. The van der Waals surface area contributed by atoms with Gasteiger partial charge in [-0.1, -0.05) is 48.5 Å². The average Bonchev–Trinajstić information content (AvgIpc) is 4.06. The Kier molecular flexibility index (Phi) is 8.26. The molecule has 0 amide bonds. The van der Waals surface area contributed by atoms with Crippen molar-refractivity contribution in [1.82, 2.24) is 50.3 Å². The van der Waals surface area contributed by atoms with E-state index in [0.717, 1.165) is 77.7 Å². The van der Waals surface area contributed by atoms with Gasteiger partial charge in [0.25, 0.3) is 0 Å². The number of nitrogens with zero attached hydrogens (tertiary/aromatic N) is 6. The first-order valence-electron chi connectivity index (χ1n) is 18.3. The van der Waals surface area contributed by atoms with Crippen LogP contribution in [0.5, 0.6) is 0 Å². The van der Waals surface area contributed by atoms with Crippen molar-refractivity contribution in [3.8, 4) is 33.8 Å². The molecule has 6 heterocycles. The number of Topliss-reactive ketones (excluding diaryl/α,β-unsaturated/α-hetero) is 2. The van der Waals surface area contributed by atoms with E-state index in [9.17, 15) is 9.59 Å². The average molecular weight is 749 g/mol. The maximum atomic E-state index is 13.6. The third-order valence-corrected chi connectivity index (χ3v) is 10.3. The van der Waals surface area contributed by atoms with Crippen molar-refractivity contribution < 1.29 is 14.3 Å². The number of aromatic nitrogens is 10. The van der Waals surface area contributed by atoms with E-state index in [1.807, 2.05) is 103 Å². The Labute approximate surface area is 323 Å². The smallest absolute Gasteiger partial charge is 0.207 e. The number of rotatable bonds is 11. The lowest BCUT2D eigenvalue weighted by Gasteiger charge is -2.13. The van der Waals surface area contributed by atoms with Crippen molar-refractivity contribution in [2.75, 3.05) is 13.7 Å². The van der Waals surface area contributed by atoms with Gasteiger partial charge in [0.05, 0.1) is 51.3 Å². The predicted molar refractivity (Wildman–Crippen MR) is 217 cm³/mol. The Morgan fingerprint density at radius 1 is 0.649 bits per heavy atom. The first-order valence-corrected chi connectivity index (χ1v) is 18.3. The van der Waals surface area contributed by atoms with Gasteiger partial charge in [0.15, 0.2) is 11.6 Å². The van der Waals surface area contributed by atoms with E-state index in [2.05, 4.69) is 45.3 Å². The normalized spacial score (nSPS) is 12.2. The van der Waals surface area contributed by atoms with Crippen molar-refractivity contribution in [2.24, 2.45) is 0 Å². The van der Waals surface area contributed by atoms with E-state index in [-0.39, 0.29) is 30.4 Å². The summed E-state index contributed by atoms with van der Waals surface area (Å²) in [6, 6.07) is 32.8. The summed E-state index contributed by atoms with van der Waals surface area (Å²) in [6.45, 7) is 0.241. The van der Waals surface area contributed by atoms with Crippen LogP contribution >= 0.6 is 0 Å². The number of benzene rings is 4. The summed E-state index contributed by atoms with van der Waals surface area (Å²) < 4.78 is 5.40. The molecule has 276 valence electrons. The van der Waals surface area contributed by atoms with Gasteiger partial charge in [-0.25, -0.2) is 9.97 Å². The number of methoxy groups -OCH3 is 1. The summed E-state index contributed by atoms with van der Waals surface area (Å²) >= 11 is 0. The highest BCUT2D eigenvalue weighted by Crippen LogP contribution is 2.33. The first kappa shape index (κ1) is 33.9. The van der Waals surface area contributed by atoms with Gasteiger partial charge < -0.3 is 14.7 Å². The van der Waals surface area contributed by atoms with Crippen molar-refractivity contribution in [3.05, 3.63) is 144 Å². The standard InChI is InChI=1S/C44H32N10O3/c1-57-23-31(25-7-3-2-4-8-25)42(56)44-49-36-20-30-34(22-38(36)50-44)52-54-41(30)28-12-15-46-32(18-28)27-9-5-6-24(16-27)17-39(55)43-47-35-19-29-33(21-37(35)48-43)51-53-40(29)26-10-13-45-14-11-26/h2-16,18-22,31H,17,23H2,1H3,(H,47,48)(H,49,50)(H,51,53)(H,52,54)/t31-/m1/s1. The number of hydrogen-bond donors (Lipinski definition) is 4. The summed E-state index contributed by atoms with van der Waals surface area (Å²) in [4.78, 5) is 51.8. The number of carbonyl (C=O) groups is 2. The van der Waals surface area contributed by atoms with Crippen LogP contribution in [0.2, 0.25) is 0 Å². The fraction of sp³-hybridized carbons (Fsp3) is 0.0909. The number of fused-ring (bicyclic) bond motifs is 4. The first-order chi connectivity index (χ1) is 28.0. The maximum absolute atomic E-state index is 13.6. The molecule has 57 heavy (non-hydrogen) atoms. The summed E-state index contributed by atoms with van der Waals surface area (Å²) in [5.41, 5.74) is 11.0. The van der Waals surface area contributed by atoms with Crippen LogP contribution in [0, 0.1) is 0 Å². The van der Waals surface area contributed by atoms with Gasteiger partial charge in [0.2, 0.25) is 11.6 Å². The minimum absolute atomic E-state index is 0.131. The summed E-state index contributed by atoms with van der Waals surface area (Å²) in [5, 5.41) is 17.1. The second kappa shape index (κ2) is 13.9. The van der Waals surface area contributed by atoms with Gasteiger partial charge in [0, 0.05) is 59.6 Å². The van der Waals surface area contributed by atoms with Crippen LogP contribution in [0.15, 0.2) is 122 Å². The lowest BCUT2D eigenvalue weighted by atomic mass is 9.95. The fourth-order valence-corrected chi connectivity index (χ4v) is 7.43. The molecule has 0 saturated carbocycles. The summed E-state index contributed by atoms with van der Waals surface area (Å²) in [5.74, 6) is -0.200. The molecule has 0 aliphatic carbocycles. The second-order valence-corrected chi connectivity index (χ2v) is 13.9. The van der Waals surface area contributed by atoms with Gasteiger partial charge in [-0.3, -0.25) is 29.8 Å². The maximum Gasteiger partial charge on any atom is 0.207 e. The summed E-state index contributed by atoms with van der Waals surface area (Å²) in [6.07, 6.45) is 5.36. The molecule has 0 aliphatic heterocycles. The molecule has 6 aromatic heterocycles. The van der Waals surface area contributed by atoms with Gasteiger partial charge in [-0.2, -0.15) is 10.2 Å². The molecule has 13 heteroatoms. The molecule has 0 radical (unpaired) electrons. The number of ketones is 2. The zero-order valence-electron chi connectivity index (χ0n) is 30.4. The lowest BCUT2D eigenvalue weighted by Crippen LogP contribution is -2.19. The third kappa shape index (κ3) is 6.21. The quantitative estimate of drug-likeness (QED) is 0.0952. The van der Waals surface area contributed by atoms with Gasteiger partial charge >= 0.3 is 0 Å². The molecular formula is C44H32N10O3. The lowest BCUT2D eigenvalue weighted by molar-refractivity contribution is 0.0878. The number of H-pyrrole nitrogens is 4.